The van der Waals surface area contributed by atoms with Gasteiger partial charge in [-0.25, -0.2) is 0 Å². The summed E-state index contributed by atoms with van der Waals surface area (Å²) in [4.78, 5) is 11.0. The van der Waals surface area contributed by atoms with Gasteiger partial charge in [-0.05, 0) is 22.9 Å². The Kier molecular flexibility index (Phi) is 2.82. The molecule has 0 N–H and O–H groups in total. The van der Waals surface area contributed by atoms with Crippen molar-refractivity contribution in [3.8, 4) is 6.07 Å². The number of hydrogen-bond donors (Lipinski definition) is 0. The van der Waals surface area contributed by atoms with Crippen LogP contribution in [0.25, 0.3) is 0 Å². The van der Waals surface area contributed by atoms with Crippen LogP contribution < -0.4 is 0 Å². The summed E-state index contributed by atoms with van der Waals surface area (Å²) >= 11 is 5.45. The zero-order valence-corrected chi connectivity index (χ0v) is 9.01. The number of hydrogen-bond acceptors (Lipinski definition) is 2. The second kappa shape index (κ2) is 3.59. The highest BCUT2D eigenvalue weighted by molar-refractivity contribution is 6.64. The van der Waals surface area contributed by atoms with E-state index in [1.165, 1.54) is 6.08 Å². The van der Waals surface area contributed by atoms with Crippen LogP contribution in [0.1, 0.15) is 13.8 Å². The number of nitrogens with zero attached hydrogens (tertiary/aromatic N) is 1. The molecule has 0 spiro atoms. The Labute approximate surface area is 88.9 Å². The minimum Gasteiger partial charge on any atom is -0.281 e. The highest BCUT2D eigenvalue weighted by atomic mass is 35.5. The van der Waals surface area contributed by atoms with Gasteiger partial charge in [-0.3, -0.25) is 4.79 Å². The third-order valence-electron chi connectivity index (χ3n) is 2.86. The van der Waals surface area contributed by atoms with Crippen molar-refractivity contribution in [2.75, 3.05) is 0 Å². The van der Waals surface area contributed by atoms with Crippen LogP contribution in [0.15, 0.2) is 24.3 Å². The van der Waals surface area contributed by atoms with Crippen molar-refractivity contribution >= 4 is 16.8 Å². The van der Waals surface area contributed by atoms with Crippen LogP contribution >= 0.6 is 11.6 Å². The lowest BCUT2D eigenvalue weighted by Crippen LogP contribution is -1.96. The summed E-state index contributed by atoms with van der Waals surface area (Å²) in [5, 5.41) is 8.37. The Morgan fingerprint density at radius 1 is 1.64 bits per heavy atom. The molecule has 0 saturated heterocycles. The van der Waals surface area contributed by atoms with Crippen molar-refractivity contribution in [3.05, 3.63) is 24.3 Å². The Morgan fingerprint density at radius 3 is 2.50 bits per heavy atom. The molecule has 3 heteroatoms. The molecule has 74 valence electrons. The minimum absolute atomic E-state index is 0.0696. The van der Waals surface area contributed by atoms with Crippen LogP contribution in [-0.4, -0.2) is 5.24 Å². The lowest BCUT2D eigenvalue weighted by Gasteiger charge is -1.96. The monoisotopic (exact) mass is 209 g/mol. The minimum atomic E-state index is -0.322. The van der Waals surface area contributed by atoms with Gasteiger partial charge < -0.3 is 0 Å². The molecule has 0 aliphatic heterocycles. The standard InChI is InChI=1S/C11H12ClNO/c1-4-7(6-13)5-8-9(10(12)14)11(8,2)3/h4-5,8-9H,1H2,2-3H3. The fraction of sp³-hybridized carbons (Fsp3) is 0.455. The first kappa shape index (κ1) is 11.0. The van der Waals surface area contributed by atoms with E-state index in [0.717, 1.165) is 0 Å². The molecule has 14 heavy (non-hydrogen) atoms. The second-order valence-corrected chi connectivity index (χ2v) is 4.44. The Hall–Kier alpha value is -1.07. The zero-order chi connectivity index (χ0) is 10.9. The van der Waals surface area contributed by atoms with Crippen LogP contribution in [0, 0.1) is 28.6 Å². The summed E-state index contributed by atoms with van der Waals surface area (Å²) in [5.41, 5.74) is 0.382. The molecule has 2 atom stereocenters. The SMILES string of the molecule is C=CC(C#N)=CC1C(C(=O)Cl)C1(C)C. The maximum Gasteiger partial charge on any atom is 0.225 e. The first-order chi connectivity index (χ1) is 6.45. The lowest BCUT2D eigenvalue weighted by atomic mass is 10.1. The second-order valence-electron chi connectivity index (χ2n) is 4.07. The Balaban J connectivity index is 2.85. The largest absolute Gasteiger partial charge is 0.281 e. The van der Waals surface area contributed by atoms with E-state index in [2.05, 4.69) is 6.58 Å². The average molecular weight is 210 g/mol. The van der Waals surface area contributed by atoms with Crippen LogP contribution in [0.4, 0.5) is 0 Å². The molecule has 0 aromatic heterocycles. The van der Waals surface area contributed by atoms with Gasteiger partial charge in [-0.15, -0.1) is 0 Å². The molecule has 0 aromatic rings. The first-order valence-electron chi connectivity index (χ1n) is 4.39. The van der Waals surface area contributed by atoms with Crippen LogP contribution in [0.2, 0.25) is 0 Å². The molecule has 1 aliphatic carbocycles. The molecule has 2 nitrogen and oxygen atoms in total. The highest BCUT2D eigenvalue weighted by Crippen LogP contribution is 2.60. The maximum atomic E-state index is 11.0. The lowest BCUT2D eigenvalue weighted by molar-refractivity contribution is -0.113. The van der Waals surface area contributed by atoms with E-state index >= 15 is 0 Å². The highest BCUT2D eigenvalue weighted by Gasteiger charge is 2.59. The summed E-state index contributed by atoms with van der Waals surface area (Å²) in [6.07, 6.45) is 3.27. The van der Waals surface area contributed by atoms with E-state index in [-0.39, 0.29) is 22.5 Å². The molecule has 2 unspecified atom stereocenters. The summed E-state index contributed by atoms with van der Waals surface area (Å²) in [7, 11) is 0. The topological polar surface area (TPSA) is 40.9 Å². The summed E-state index contributed by atoms with van der Waals surface area (Å²) in [6.45, 7) is 7.46. The van der Waals surface area contributed by atoms with Crippen molar-refractivity contribution in [3.63, 3.8) is 0 Å². The first-order valence-corrected chi connectivity index (χ1v) is 4.76. The van der Waals surface area contributed by atoms with Gasteiger partial charge in [-0.1, -0.05) is 32.6 Å². The predicted molar refractivity (Wildman–Crippen MR) is 55.5 cm³/mol. The van der Waals surface area contributed by atoms with E-state index in [9.17, 15) is 4.79 Å². The fourth-order valence-corrected chi connectivity index (χ4v) is 2.18. The third kappa shape index (κ3) is 1.73. The third-order valence-corrected chi connectivity index (χ3v) is 3.10. The van der Waals surface area contributed by atoms with Crippen molar-refractivity contribution < 1.29 is 4.79 Å². The Bertz CT molecular complexity index is 349. The van der Waals surface area contributed by atoms with Gasteiger partial charge in [0.15, 0.2) is 0 Å². The predicted octanol–water partition coefficient (Wildman–Crippen LogP) is 2.66. The van der Waals surface area contributed by atoms with Gasteiger partial charge in [0.2, 0.25) is 5.24 Å². The molecule has 0 aromatic carbocycles. The van der Waals surface area contributed by atoms with Crippen molar-refractivity contribution in [1.29, 1.82) is 5.26 Å². The van der Waals surface area contributed by atoms with E-state index in [4.69, 9.17) is 16.9 Å². The summed E-state index contributed by atoms with van der Waals surface area (Å²) in [5.74, 6) is -0.0902. The molecule has 1 fully saturated rings. The molecular weight excluding hydrogens is 198 g/mol. The van der Waals surface area contributed by atoms with E-state index in [1.807, 2.05) is 19.9 Å². The molecule has 1 saturated carbocycles. The fourth-order valence-electron chi connectivity index (χ4n) is 1.77. The molecule has 0 amide bonds. The molecule has 0 bridgehead atoms. The van der Waals surface area contributed by atoms with Crippen molar-refractivity contribution in [1.82, 2.24) is 0 Å². The van der Waals surface area contributed by atoms with Gasteiger partial charge in [0.05, 0.1) is 6.07 Å². The van der Waals surface area contributed by atoms with Crippen LogP contribution in [-0.2, 0) is 4.79 Å². The normalized spacial score (nSPS) is 29.1. The molecular formula is C11H12ClNO. The number of halogens is 1. The quantitative estimate of drug-likeness (QED) is 0.407. The van der Waals surface area contributed by atoms with Crippen molar-refractivity contribution in [2.24, 2.45) is 17.3 Å². The average Bonchev–Trinajstić information content (AvgIpc) is 2.63. The van der Waals surface area contributed by atoms with Gasteiger partial charge in [0.25, 0.3) is 0 Å². The van der Waals surface area contributed by atoms with Crippen LogP contribution in [0.3, 0.4) is 0 Å². The zero-order valence-electron chi connectivity index (χ0n) is 8.25. The van der Waals surface area contributed by atoms with Crippen LogP contribution in [0.5, 0.6) is 0 Å². The smallest absolute Gasteiger partial charge is 0.225 e. The molecule has 1 aliphatic rings. The van der Waals surface area contributed by atoms with Gasteiger partial charge >= 0.3 is 0 Å². The van der Waals surface area contributed by atoms with Crippen molar-refractivity contribution in [2.45, 2.75) is 13.8 Å². The van der Waals surface area contributed by atoms with Gasteiger partial charge in [0.1, 0.15) is 0 Å². The summed E-state index contributed by atoms with van der Waals surface area (Å²) in [6, 6.07) is 2.01. The molecule has 0 radical (unpaired) electrons. The molecule has 1 rings (SSSR count). The number of rotatable bonds is 3. The number of carbonyl (C=O) groups is 1. The maximum absolute atomic E-state index is 11.0. The number of carbonyl (C=O) groups excluding carboxylic acids is 1. The number of nitriles is 1. The van der Waals surface area contributed by atoms with E-state index in [0.29, 0.717) is 5.57 Å². The summed E-state index contributed by atoms with van der Waals surface area (Å²) < 4.78 is 0. The van der Waals surface area contributed by atoms with E-state index in [1.54, 1.807) is 6.08 Å². The Morgan fingerprint density at radius 2 is 2.21 bits per heavy atom. The van der Waals surface area contributed by atoms with Gasteiger partial charge in [-0.2, -0.15) is 5.26 Å². The van der Waals surface area contributed by atoms with Gasteiger partial charge in [0, 0.05) is 11.5 Å². The van der Waals surface area contributed by atoms with E-state index < -0.39 is 0 Å². The molecule has 0 heterocycles. The number of allylic oxidation sites excluding steroid dienone is 3.